The van der Waals surface area contributed by atoms with Crippen molar-refractivity contribution >= 4 is 109 Å². The van der Waals surface area contributed by atoms with Gasteiger partial charge in [-0.3, -0.25) is 0 Å². The number of aromatic hydroxyl groups is 1. The summed E-state index contributed by atoms with van der Waals surface area (Å²) in [7, 11) is 0. The fourth-order valence-electron chi connectivity index (χ4n) is 0.812. The van der Waals surface area contributed by atoms with E-state index in [0.717, 1.165) is 0 Å². The van der Waals surface area contributed by atoms with Crippen molar-refractivity contribution in [2.24, 2.45) is 0 Å². The number of phenols is 1. The van der Waals surface area contributed by atoms with Gasteiger partial charge in [-0.2, -0.15) is 0 Å². The molecular formula is C9H10K2O3. The van der Waals surface area contributed by atoms with Crippen molar-refractivity contribution < 1.29 is 14.6 Å². The molecule has 0 aromatic heterocycles. The van der Waals surface area contributed by atoms with E-state index in [0.29, 0.717) is 12.2 Å². The summed E-state index contributed by atoms with van der Waals surface area (Å²) in [5.74, 6) is -0.222. The number of hydrogen-bond donors (Lipinski definition) is 1. The van der Waals surface area contributed by atoms with Crippen molar-refractivity contribution in [3.63, 3.8) is 0 Å². The largest absolute Gasteiger partial charge is 0.508 e. The van der Waals surface area contributed by atoms with Gasteiger partial charge in [-0.1, -0.05) is 0 Å². The molecule has 0 aliphatic heterocycles. The van der Waals surface area contributed by atoms with Crippen molar-refractivity contribution in [2.75, 3.05) is 6.61 Å². The van der Waals surface area contributed by atoms with Crippen LogP contribution in [0, 0.1) is 0 Å². The molecule has 0 saturated heterocycles. The van der Waals surface area contributed by atoms with E-state index in [1.165, 1.54) is 24.3 Å². The summed E-state index contributed by atoms with van der Waals surface area (Å²) in [6.45, 7) is 2.11. The summed E-state index contributed by atoms with van der Waals surface area (Å²) in [5.41, 5.74) is 0.453. The van der Waals surface area contributed by atoms with Crippen LogP contribution >= 0.6 is 0 Å². The van der Waals surface area contributed by atoms with Crippen LogP contribution < -0.4 is 0 Å². The van der Waals surface area contributed by atoms with Gasteiger partial charge >= 0.3 is 5.97 Å². The first-order valence-electron chi connectivity index (χ1n) is 3.70. The zero-order valence-corrected chi connectivity index (χ0v) is 15.0. The van der Waals surface area contributed by atoms with E-state index < -0.39 is 0 Å². The van der Waals surface area contributed by atoms with Crippen LogP contribution in [-0.2, 0) is 4.74 Å². The topological polar surface area (TPSA) is 46.5 Å². The smallest absolute Gasteiger partial charge is 0.338 e. The molecule has 5 heteroatoms. The Morgan fingerprint density at radius 2 is 1.79 bits per heavy atom. The van der Waals surface area contributed by atoms with Crippen LogP contribution in [0.25, 0.3) is 0 Å². The molecule has 66 valence electrons. The number of benzene rings is 1. The third kappa shape index (κ3) is 6.37. The second-order valence-electron chi connectivity index (χ2n) is 2.27. The number of esters is 1. The van der Waals surface area contributed by atoms with Gasteiger partial charge in [0.25, 0.3) is 0 Å². The summed E-state index contributed by atoms with van der Waals surface area (Å²) in [6, 6.07) is 5.94. The number of phenolic OH excluding ortho intramolecular Hbond substituents is 1. The molecule has 0 heterocycles. The van der Waals surface area contributed by atoms with Crippen LogP contribution in [0.1, 0.15) is 17.3 Å². The predicted molar refractivity (Wildman–Crippen MR) is 55.6 cm³/mol. The van der Waals surface area contributed by atoms with Gasteiger partial charge in [0.15, 0.2) is 0 Å². The van der Waals surface area contributed by atoms with E-state index in [1.807, 2.05) is 0 Å². The molecule has 3 nitrogen and oxygen atoms in total. The Bertz CT molecular complexity index is 272. The van der Waals surface area contributed by atoms with Crippen molar-refractivity contribution in [1.82, 2.24) is 0 Å². The number of rotatable bonds is 2. The van der Waals surface area contributed by atoms with Gasteiger partial charge in [-0.25, -0.2) is 4.79 Å². The Morgan fingerprint density at radius 3 is 2.21 bits per heavy atom. The van der Waals surface area contributed by atoms with Gasteiger partial charge < -0.3 is 9.84 Å². The second kappa shape index (κ2) is 9.95. The van der Waals surface area contributed by atoms with Crippen molar-refractivity contribution in [1.29, 1.82) is 0 Å². The molecule has 14 heavy (non-hydrogen) atoms. The quantitative estimate of drug-likeness (QED) is 0.618. The Morgan fingerprint density at radius 1 is 1.29 bits per heavy atom. The van der Waals surface area contributed by atoms with Gasteiger partial charge in [-0.15, -0.1) is 0 Å². The standard InChI is InChI=1S/C9H10O3.2K/c1-2-12-9(11)7-3-5-8(10)6-4-7;;/h3-6,10H,2H2,1H3;;. The molecule has 1 aromatic carbocycles. The number of hydrogen-bond acceptors (Lipinski definition) is 3. The Hall–Kier alpha value is 1.76. The molecule has 0 amide bonds. The Labute approximate surface area is 168 Å². The number of ether oxygens (including phenoxy) is 1. The minimum Gasteiger partial charge on any atom is -0.508 e. The van der Waals surface area contributed by atoms with Crippen molar-refractivity contribution in [2.45, 2.75) is 6.92 Å². The average molecular weight is 244 g/mol. The maximum atomic E-state index is 11.1. The van der Waals surface area contributed by atoms with Crippen molar-refractivity contribution in [3.05, 3.63) is 29.8 Å². The van der Waals surface area contributed by atoms with E-state index in [2.05, 4.69) is 0 Å². The molecule has 0 unspecified atom stereocenters. The van der Waals surface area contributed by atoms with Crippen LogP contribution in [0.4, 0.5) is 0 Å². The molecule has 1 aromatic rings. The van der Waals surface area contributed by atoms with Gasteiger partial charge in [0.1, 0.15) is 5.75 Å². The molecule has 0 saturated carbocycles. The molecule has 0 fully saturated rings. The molecule has 2 radical (unpaired) electrons. The van der Waals surface area contributed by atoms with Crippen molar-refractivity contribution in [3.8, 4) is 5.75 Å². The SMILES string of the molecule is CCOC(=O)c1ccc(O)cc1.[K].[K]. The van der Waals surface area contributed by atoms with E-state index in [1.54, 1.807) is 6.92 Å². The zero-order chi connectivity index (χ0) is 8.97. The van der Waals surface area contributed by atoms with E-state index in [9.17, 15) is 4.79 Å². The maximum Gasteiger partial charge on any atom is 0.338 e. The molecule has 1 N–H and O–H groups in total. The monoisotopic (exact) mass is 244 g/mol. The summed E-state index contributed by atoms with van der Waals surface area (Å²) >= 11 is 0. The Kier molecular flexibility index (Phi) is 12.9. The first-order chi connectivity index (χ1) is 5.74. The molecule has 0 aliphatic rings. The average Bonchev–Trinajstić information content (AvgIpc) is 2.06. The molecule has 1 rings (SSSR count). The molecule has 0 aliphatic carbocycles. The fourth-order valence-corrected chi connectivity index (χ4v) is 0.812. The maximum absolute atomic E-state index is 11.1. The normalized spacial score (nSPS) is 8.07. The minimum atomic E-state index is -0.363. The van der Waals surface area contributed by atoms with Gasteiger partial charge in [0.05, 0.1) is 12.2 Å². The fraction of sp³-hybridized carbons (Fsp3) is 0.222. The van der Waals surface area contributed by atoms with Gasteiger partial charge in [0, 0.05) is 103 Å². The first-order valence-corrected chi connectivity index (χ1v) is 3.70. The molecular weight excluding hydrogens is 234 g/mol. The zero-order valence-electron chi connectivity index (χ0n) is 8.78. The second-order valence-corrected chi connectivity index (χ2v) is 2.27. The van der Waals surface area contributed by atoms with E-state index >= 15 is 0 Å². The van der Waals surface area contributed by atoms with E-state index in [4.69, 9.17) is 9.84 Å². The molecule has 0 atom stereocenters. The molecule has 0 bridgehead atoms. The van der Waals surface area contributed by atoms with Gasteiger partial charge in [-0.05, 0) is 31.2 Å². The van der Waals surface area contributed by atoms with Crippen LogP contribution in [0.2, 0.25) is 0 Å². The van der Waals surface area contributed by atoms with E-state index in [-0.39, 0.29) is 114 Å². The summed E-state index contributed by atoms with van der Waals surface area (Å²) in [5, 5.41) is 8.92. The van der Waals surface area contributed by atoms with Crippen LogP contribution in [-0.4, -0.2) is 120 Å². The summed E-state index contributed by atoms with van der Waals surface area (Å²) in [6.07, 6.45) is 0. The summed E-state index contributed by atoms with van der Waals surface area (Å²) in [4.78, 5) is 11.1. The first kappa shape index (κ1) is 18.1. The third-order valence-electron chi connectivity index (χ3n) is 1.38. The minimum absolute atomic E-state index is 0. The number of carbonyl (C=O) groups is 1. The molecule has 0 spiro atoms. The third-order valence-corrected chi connectivity index (χ3v) is 1.38. The predicted octanol–water partition coefficient (Wildman–Crippen LogP) is 0.807. The Balaban J connectivity index is 0. The number of carbonyl (C=O) groups excluding carboxylic acids is 1. The van der Waals surface area contributed by atoms with Crippen LogP contribution in [0.15, 0.2) is 24.3 Å². The van der Waals surface area contributed by atoms with Gasteiger partial charge in [0.2, 0.25) is 0 Å². The summed E-state index contributed by atoms with van der Waals surface area (Å²) < 4.78 is 4.75. The van der Waals surface area contributed by atoms with Crippen LogP contribution in [0.3, 0.4) is 0 Å². The van der Waals surface area contributed by atoms with Crippen LogP contribution in [0.5, 0.6) is 5.75 Å².